The maximum atomic E-state index is 14.4. The Bertz CT molecular complexity index is 2880. The molecule has 1 unspecified atom stereocenters. The quantitative estimate of drug-likeness (QED) is 0.0461. The van der Waals surface area contributed by atoms with E-state index in [9.17, 15) is 51.4 Å². The summed E-state index contributed by atoms with van der Waals surface area (Å²) in [5.74, 6) is -3.13. The second kappa shape index (κ2) is 26.8. The summed E-state index contributed by atoms with van der Waals surface area (Å²) in [6.45, 7) is 27.3. The first kappa shape index (κ1) is 64.2. The molecule has 414 valence electrons. The number of nitrogens with one attached hydrogen (secondary N) is 3. The van der Waals surface area contributed by atoms with Crippen molar-refractivity contribution in [1.82, 2.24) is 20.4 Å². The first-order chi connectivity index (χ1) is 35.6. The summed E-state index contributed by atoms with van der Waals surface area (Å²) in [5, 5.41) is 4.85. The van der Waals surface area contributed by atoms with E-state index < -0.39 is 55.0 Å². The van der Waals surface area contributed by atoms with Crippen LogP contribution in [0.2, 0.25) is 0 Å². The number of imide groups is 2. The van der Waals surface area contributed by atoms with Gasteiger partial charge in [-0.15, -0.1) is 0 Å². The molecule has 0 radical (unpaired) electrons. The normalized spacial score (nSPS) is 13.4. The van der Waals surface area contributed by atoms with Gasteiger partial charge in [-0.1, -0.05) is 71.3 Å². The largest absolute Gasteiger partial charge is 0.777 e. The van der Waals surface area contributed by atoms with E-state index in [0.717, 1.165) is 71.6 Å². The minimum atomic E-state index is -4.80. The fourth-order valence-corrected chi connectivity index (χ4v) is 8.78. The molecule has 5 aromatic rings. The third kappa shape index (κ3) is 16.5. The second-order valence-corrected chi connectivity index (χ2v) is 21.5. The standard InChI is InChI=1S/C21H15F3N2O4.C12H18.C10H14NO4P.C8H16N2O.C8H10/c1-20(21(22,23)24,10-4-6-12-14(8-10)18(29)25(2)16(12)27)11-5-7-13-15(9-11)19(30)26(3)17(13)28;1-7-8(2)10(4)12(6)11(5)9(7)3;1-7-3-8(2)5-9(4-7)10(12)11-6-16(13,14)15;1-4-8(11)9-6-5-7-10(2)3;1-7-4-3-5-8(2)6-7/h4-9H,1-3H3;1-6H3;3-5H,6H2,1-2H3,(H,11,12)(H2,13,14,15);4H,1,5-7H2,2-3H3,(H,9,11);3-6H,1-2H3. The third-order valence-electron chi connectivity index (χ3n) is 13.7. The molecule has 0 aliphatic carbocycles. The highest BCUT2D eigenvalue weighted by molar-refractivity contribution is 7.50. The van der Waals surface area contributed by atoms with Gasteiger partial charge in [0.05, 0.1) is 49.2 Å². The molecule has 6 amide bonds. The van der Waals surface area contributed by atoms with Crippen molar-refractivity contribution in [3.63, 3.8) is 0 Å². The molecule has 5 aromatic carbocycles. The van der Waals surface area contributed by atoms with Crippen LogP contribution >= 0.6 is 7.60 Å². The summed E-state index contributed by atoms with van der Waals surface area (Å²) < 4.78 is 53.5. The Morgan fingerprint density at radius 2 is 1.01 bits per heavy atom. The minimum absolute atomic E-state index is 0.0344. The van der Waals surface area contributed by atoms with Crippen LogP contribution < -0.4 is 20.4 Å². The molecule has 2 aliphatic heterocycles. The van der Waals surface area contributed by atoms with Crippen LogP contribution in [0.4, 0.5) is 13.2 Å². The van der Waals surface area contributed by atoms with Gasteiger partial charge in [0.15, 0.2) is 7.60 Å². The average molecular weight is 1080 g/mol. The lowest BCUT2D eigenvalue weighted by Gasteiger charge is -2.33. The molecule has 2 heterocycles. The summed E-state index contributed by atoms with van der Waals surface area (Å²) in [4.78, 5) is 92.9. The summed E-state index contributed by atoms with van der Waals surface area (Å²) in [6, 6.07) is 20.5. The molecule has 7 rings (SSSR count). The number of alkyl halides is 3. The van der Waals surface area contributed by atoms with E-state index >= 15 is 0 Å². The van der Waals surface area contributed by atoms with Crippen LogP contribution in [0, 0.1) is 69.2 Å². The number of fused-ring (bicyclic) bond motifs is 2. The number of rotatable bonds is 10. The molecule has 2 aliphatic rings. The highest BCUT2D eigenvalue weighted by atomic mass is 31.2. The predicted molar refractivity (Wildman–Crippen MR) is 293 cm³/mol. The van der Waals surface area contributed by atoms with Crippen molar-refractivity contribution >= 4 is 43.0 Å². The SMILES string of the molecule is C=CC(=O)NCCC[NH+](C)C.CN1C(=O)c2ccc(C(C)(c3ccc4c(c3)C(=O)N(C)C4=O)C(F)(F)F)cc2C1=O.Cc1c(C)c(C)c(C)c(C)c1C.Cc1cc(C)cc(C(=O)NCP(=O)([O-])O)c1.Cc1cccc(C)c1. The number of carbonyl (C=O) groups is 6. The smallest absolute Gasteiger partial charge is 0.402 e. The van der Waals surface area contributed by atoms with Crippen LogP contribution in [-0.4, -0.2) is 104 Å². The number of amides is 6. The van der Waals surface area contributed by atoms with Crippen molar-refractivity contribution in [3.05, 3.63) is 186 Å². The molecule has 77 heavy (non-hydrogen) atoms. The van der Waals surface area contributed by atoms with E-state index in [1.165, 1.54) is 81.7 Å². The third-order valence-corrected chi connectivity index (χ3v) is 14.3. The zero-order valence-electron chi connectivity index (χ0n) is 46.8. The summed E-state index contributed by atoms with van der Waals surface area (Å²) in [5.41, 5.74) is 10.4. The van der Waals surface area contributed by atoms with Crippen LogP contribution in [0.25, 0.3) is 0 Å². The topological polar surface area (TPSA) is 198 Å². The Morgan fingerprint density at radius 1 is 0.636 bits per heavy atom. The fraction of sp³-hybridized carbons (Fsp3) is 0.356. The molecule has 0 fully saturated rings. The lowest BCUT2D eigenvalue weighted by atomic mass is 9.74. The van der Waals surface area contributed by atoms with Gasteiger partial charge in [-0.25, -0.2) is 0 Å². The monoisotopic (exact) mass is 1080 g/mol. The lowest BCUT2D eigenvalue weighted by Crippen LogP contribution is -3.05. The number of nitrogens with zero attached hydrogens (tertiary/aromatic N) is 2. The van der Waals surface area contributed by atoms with Gasteiger partial charge in [0.1, 0.15) is 5.41 Å². The Morgan fingerprint density at radius 3 is 1.34 bits per heavy atom. The summed E-state index contributed by atoms with van der Waals surface area (Å²) >= 11 is 0. The van der Waals surface area contributed by atoms with Crippen LogP contribution in [0.15, 0.2) is 91.5 Å². The van der Waals surface area contributed by atoms with E-state index in [1.807, 2.05) is 19.9 Å². The van der Waals surface area contributed by atoms with Gasteiger partial charge in [0.2, 0.25) is 5.91 Å². The van der Waals surface area contributed by atoms with Gasteiger partial charge < -0.3 is 29.9 Å². The zero-order chi connectivity index (χ0) is 58.7. The van der Waals surface area contributed by atoms with Crippen molar-refractivity contribution < 1.29 is 61.2 Å². The Hall–Kier alpha value is -7.04. The Labute approximate surface area is 450 Å². The zero-order valence-corrected chi connectivity index (χ0v) is 47.7. The minimum Gasteiger partial charge on any atom is -0.777 e. The molecule has 1 atom stereocenters. The highest BCUT2D eigenvalue weighted by Crippen LogP contribution is 2.47. The first-order valence-corrected chi connectivity index (χ1v) is 26.5. The fourth-order valence-electron chi connectivity index (χ4n) is 8.44. The molecular formula is C59H73F3N5O9P. The molecular weight excluding hydrogens is 1010 g/mol. The maximum absolute atomic E-state index is 14.4. The molecule has 14 nitrogen and oxygen atoms in total. The van der Waals surface area contributed by atoms with Crippen LogP contribution in [-0.2, 0) is 14.8 Å². The maximum Gasteiger partial charge on any atom is 0.402 e. The predicted octanol–water partition coefficient (Wildman–Crippen LogP) is 8.21. The van der Waals surface area contributed by atoms with Crippen LogP contribution in [0.3, 0.4) is 0 Å². The number of hydrogen-bond acceptors (Lipinski definition) is 8. The second-order valence-electron chi connectivity index (χ2n) is 19.9. The van der Waals surface area contributed by atoms with Crippen LogP contribution in [0.5, 0.6) is 0 Å². The van der Waals surface area contributed by atoms with Crippen molar-refractivity contribution in [1.29, 1.82) is 0 Å². The molecule has 18 heteroatoms. The van der Waals surface area contributed by atoms with Crippen molar-refractivity contribution in [2.75, 3.05) is 47.6 Å². The number of benzene rings is 5. The molecule has 0 saturated heterocycles. The first-order valence-electron chi connectivity index (χ1n) is 24.7. The highest BCUT2D eigenvalue weighted by Gasteiger charge is 2.54. The molecule has 4 N–H and O–H groups in total. The van der Waals surface area contributed by atoms with E-state index in [0.29, 0.717) is 5.56 Å². The lowest BCUT2D eigenvalue weighted by molar-refractivity contribution is -0.858. The summed E-state index contributed by atoms with van der Waals surface area (Å²) in [6.07, 6.45) is -3.24. The summed E-state index contributed by atoms with van der Waals surface area (Å²) in [7, 11) is 2.25. The van der Waals surface area contributed by atoms with E-state index in [-0.39, 0.29) is 39.3 Å². The van der Waals surface area contributed by atoms with Gasteiger partial charge in [0, 0.05) is 32.6 Å². The Kier molecular flexibility index (Phi) is 22.4. The van der Waals surface area contributed by atoms with E-state index in [1.54, 1.807) is 12.1 Å². The number of quaternary nitrogens is 1. The van der Waals surface area contributed by atoms with Gasteiger partial charge in [-0.05, 0) is 163 Å². The van der Waals surface area contributed by atoms with Crippen molar-refractivity contribution in [2.24, 2.45) is 0 Å². The van der Waals surface area contributed by atoms with Crippen molar-refractivity contribution in [3.8, 4) is 0 Å². The van der Waals surface area contributed by atoms with Gasteiger partial charge in [0.25, 0.3) is 29.5 Å². The number of aryl methyl sites for hydroxylation is 4. The van der Waals surface area contributed by atoms with Gasteiger partial charge in [-0.3, -0.25) is 38.6 Å². The van der Waals surface area contributed by atoms with E-state index in [4.69, 9.17) is 4.89 Å². The van der Waals surface area contributed by atoms with Crippen LogP contribution in [0.1, 0.15) is 132 Å². The molecule has 0 bridgehead atoms. The molecule has 0 aromatic heterocycles. The van der Waals surface area contributed by atoms with Gasteiger partial charge in [-0.2, -0.15) is 13.2 Å². The average Bonchev–Trinajstić information content (AvgIpc) is 3.71. The number of hydrogen-bond donors (Lipinski definition) is 4. The van der Waals surface area contributed by atoms with E-state index in [2.05, 4.69) is 111 Å². The van der Waals surface area contributed by atoms with Gasteiger partial charge >= 0.3 is 6.18 Å². The molecule has 0 saturated carbocycles. The number of halogens is 3. The Balaban J connectivity index is 0.000000280. The molecule has 0 spiro atoms. The number of carbonyl (C=O) groups excluding carboxylic acids is 6. The van der Waals surface area contributed by atoms with Crippen molar-refractivity contribution in [2.45, 2.75) is 94.2 Å².